The maximum absolute atomic E-state index is 12.7. The summed E-state index contributed by atoms with van der Waals surface area (Å²) in [5.74, 6) is 2.94. The summed E-state index contributed by atoms with van der Waals surface area (Å²) in [4.78, 5) is 0. The van der Waals surface area contributed by atoms with Crippen LogP contribution in [0.25, 0.3) is 0 Å². The van der Waals surface area contributed by atoms with E-state index in [0.717, 1.165) is 24.0 Å². The van der Waals surface area contributed by atoms with E-state index in [2.05, 4.69) is 5.32 Å². The first-order chi connectivity index (χ1) is 9.99. The van der Waals surface area contributed by atoms with E-state index in [0.29, 0.717) is 23.6 Å². The van der Waals surface area contributed by atoms with Gasteiger partial charge in [-0.1, -0.05) is 0 Å². The summed E-state index contributed by atoms with van der Waals surface area (Å²) >= 11 is 0. The Labute approximate surface area is 121 Å². The van der Waals surface area contributed by atoms with Crippen LogP contribution < -0.4 is 5.32 Å². The first-order valence-corrected chi connectivity index (χ1v) is 7.37. The molecular weight excluding hydrogens is 277 g/mol. The number of nitriles is 1. The molecule has 0 heterocycles. The van der Waals surface area contributed by atoms with Crippen molar-refractivity contribution >= 4 is 5.69 Å². The fourth-order valence-corrected chi connectivity index (χ4v) is 4.64. The van der Waals surface area contributed by atoms with Crippen molar-refractivity contribution in [1.29, 1.82) is 5.26 Å². The number of alkyl halides is 3. The fraction of sp³-hybridized carbons (Fsp3) is 0.562. The lowest BCUT2D eigenvalue weighted by molar-refractivity contribution is -0.137. The molecule has 110 valence electrons. The first-order valence-electron chi connectivity index (χ1n) is 7.37. The number of halogens is 3. The molecule has 3 saturated carbocycles. The minimum Gasteiger partial charge on any atom is -0.381 e. The van der Waals surface area contributed by atoms with Gasteiger partial charge in [0.05, 0.1) is 16.8 Å². The van der Waals surface area contributed by atoms with Gasteiger partial charge in [-0.05, 0) is 61.1 Å². The molecule has 5 heteroatoms. The predicted octanol–water partition coefficient (Wildman–Crippen LogP) is 4.03. The van der Waals surface area contributed by atoms with Crippen LogP contribution in [0.4, 0.5) is 18.9 Å². The molecule has 4 atom stereocenters. The van der Waals surface area contributed by atoms with Crippen molar-refractivity contribution < 1.29 is 13.2 Å². The van der Waals surface area contributed by atoms with Crippen molar-refractivity contribution in [2.75, 3.05) is 5.32 Å². The number of fused-ring (bicyclic) bond motifs is 5. The van der Waals surface area contributed by atoms with Gasteiger partial charge in [-0.3, -0.25) is 0 Å². The zero-order valence-corrected chi connectivity index (χ0v) is 11.3. The second-order valence-electron chi connectivity index (χ2n) is 6.53. The molecule has 0 aliphatic heterocycles. The summed E-state index contributed by atoms with van der Waals surface area (Å²) < 4.78 is 38.0. The van der Waals surface area contributed by atoms with Gasteiger partial charge < -0.3 is 5.32 Å². The van der Waals surface area contributed by atoms with E-state index in [4.69, 9.17) is 5.26 Å². The first kappa shape index (κ1) is 13.0. The average Bonchev–Trinajstić information content (AvgIpc) is 2.83. The van der Waals surface area contributed by atoms with Crippen molar-refractivity contribution in [2.45, 2.75) is 31.5 Å². The number of nitrogens with zero attached hydrogens (tertiary/aromatic N) is 1. The van der Waals surface area contributed by atoms with Crippen LogP contribution in [0.1, 0.15) is 30.4 Å². The van der Waals surface area contributed by atoms with Gasteiger partial charge in [0.15, 0.2) is 0 Å². The van der Waals surface area contributed by atoms with E-state index in [1.807, 2.05) is 6.07 Å². The maximum atomic E-state index is 12.7. The normalized spacial score (nSPS) is 36.2. The van der Waals surface area contributed by atoms with E-state index < -0.39 is 11.7 Å². The third kappa shape index (κ3) is 1.92. The van der Waals surface area contributed by atoms with Gasteiger partial charge in [0.1, 0.15) is 6.07 Å². The Hall–Kier alpha value is -1.70. The van der Waals surface area contributed by atoms with Gasteiger partial charge in [0, 0.05) is 6.04 Å². The Bertz CT molecular complexity index is 615. The van der Waals surface area contributed by atoms with E-state index in [1.54, 1.807) is 0 Å². The number of benzene rings is 1. The Balaban J connectivity index is 1.55. The Morgan fingerprint density at radius 1 is 1.14 bits per heavy atom. The highest BCUT2D eigenvalue weighted by atomic mass is 19.4. The highest BCUT2D eigenvalue weighted by Gasteiger charge is 2.65. The lowest BCUT2D eigenvalue weighted by Crippen LogP contribution is -2.14. The van der Waals surface area contributed by atoms with Crippen LogP contribution in [-0.4, -0.2) is 6.04 Å². The summed E-state index contributed by atoms with van der Waals surface area (Å²) in [6, 6.07) is 5.63. The molecule has 0 spiro atoms. The predicted molar refractivity (Wildman–Crippen MR) is 71.4 cm³/mol. The molecule has 1 N–H and O–H groups in total. The van der Waals surface area contributed by atoms with Gasteiger partial charge in [0.2, 0.25) is 0 Å². The van der Waals surface area contributed by atoms with Gasteiger partial charge in [-0.15, -0.1) is 0 Å². The Morgan fingerprint density at radius 2 is 1.81 bits per heavy atom. The smallest absolute Gasteiger partial charge is 0.381 e. The zero-order valence-electron chi connectivity index (χ0n) is 11.3. The zero-order chi connectivity index (χ0) is 14.8. The molecule has 1 aromatic carbocycles. The van der Waals surface area contributed by atoms with Crippen molar-refractivity contribution in [2.24, 2.45) is 23.7 Å². The van der Waals surface area contributed by atoms with Crippen molar-refractivity contribution in [3.8, 4) is 6.07 Å². The third-order valence-electron chi connectivity index (χ3n) is 5.52. The summed E-state index contributed by atoms with van der Waals surface area (Å²) in [6.07, 6.45) is -0.491. The molecule has 4 unspecified atom stereocenters. The molecule has 2 bridgehead atoms. The molecule has 2 nitrogen and oxygen atoms in total. The maximum Gasteiger partial charge on any atom is 0.416 e. The van der Waals surface area contributed by atoms with Crippen molar-refractivity contribution in [3.63, 3.8) is 0 Å². The van der Waals surface area contributed by atoms with Gasteiger partial charge in [-0.2, -0.15) is 18.4 Å². The second-order valence-corrected chi connectivity index (χ2v) is 6.53. The van der Waals surface area contributed by atoms with Crippen LogP contribution >= 0.6 is 0 Å². The highest BCUT2D eigenvalue weighted by molar-refractivity contribution is 5.60. The van der Waals surface area contributed by atoms with Gasteiger partial charge in [0.25, 0.3) is 0 Å². The minimum absolute atomic E-state index is 0.0853. The summed E-state index contributed by atoms with van der Waals surface area (Å²) in [5.41, 5.74) is -0.132. The third-order valence-corrected chi connectivity index (χ3v) is 5.52. The van der Waals surface area contributed by atoms with Crippen LogP contribution in [0, 0.1) is 35.0 Å². The summed E-state index contributed by atoms with van der Waals surface area (Å²) in [5, 5.41) is 12.4. The van der Waals surface area contributed by atoms with Gasteiger partial charge in [-0.25, -0.2) is 0 Å². The molecule has 0 amide bonds. The standard InChI is InChI=1S/C16H15F3N2/c17-16(18,19)11-3-4-12(10(6-11)7-20)21-15-13-8-1-2-9(5-8)14(13)15/h3-4,6,8-9,13-15,21H,1-2,5H2. The van der Waals surface area contributed by atoms with E-state index in [1.165, 1.54) is 25.3 Å². The molecule has 21 heavy (non-hydrogen) atoms. The summed E-state index contributed by atoms with van der Waals surface area (Å²) in [7, 11) is 0. The molecule has 3 fully saturated rings. The molecule has 4 rings (SSSR count). The van der Waals surface area contributed by atoms with Crippen LogP contribution in [-0.2, 0) is 6.18 Å². The van der Waals surface area contributed by atoms with Gasteiger partial charge >= 0.3 is 6.18 Å². The fourth-order valence-electron chi connectivity index (χ4n) is 4.64. The van der Waals surface area contributed by atoms with E-state index >= 15 is 0 Å². The number of rotatable bonds is 2. The van der Waals surface area contributed by atoms with E-state index in [9.17, 15) is 13.2 Å². The molecule has 0 radical (unpaired) electrons. The number of hydrogen-bond donors (Lipinski definition) is 1. The van der Waals surface area contributed by atoms with Crippen molar-refractivity contribution in [1.82, 2.24) is 0 Å². The van der Waals surface area contributed by atoms with Crippen LogP contribution in [0.15, 0.2) is 18.2 Å². The molecule has 0 aromatic heterocycles. The monoisotopic (exact) mass is 292 g/mol. The minimum atomic E-state index is -4.40. The van der Waals surface area contributed by atoms with Crippen LogP contribution in [0.5, 0.6) is 0 Å². The molecule has 1 aromatic rings. The summed E-state index contributed by atoms with van der Waals surface area (Å²) in [6.45, 7) is 0. The lowest BCUT2D eigenvalue weighted by atomic mass is 10.0. The van der Waals surface area contributed by atoms with E-state index in [-0.39, 0.29) is 5.56 Å². The molecule has 3 aliphatic carbocycles. The number of anilines is 1. The average molecular weight is 292 g/mol. The van der Waals surface area contributed by atoms with Crippen LogP contribution in [0.3, 0.4) is 0 Å². The molecule has 3 aliphatic rings. The van der Waals surface area contributed by atoms with Crippen LogP contribution in [0.2, 0.25) is 0 Å². The highest BCUT2D eigenvalue weighted by Crippen LogP contribution is 2.66. The topological polar surface area (TPSA) is 35.8 Å². The molecule has 0 saturated heterocycles. The molecular formula is C16H15F3N2. The Morgan fingerprint density at radius 3 is 2.38 bits per heavy atom. The lowest BCUT2D eigenvalue weighted by Gasteiger charge is -2.14. The Kier molecular flexibility index (Phi) is 2.57. The SMILES string of the molecule is N#Cc1cc(C(F)(F)F)ccc1NC1C2C3CCC(C3)C12. The quantitative estimate of drug-likeness (QED) is 0.893. The second kappa shape index (κ2) is 4.16. The number of nitrogens with one attached hydrogen (secondary N) is 1. The number of hydrogen-bond acceptors (Lipinski definition) is 2. The van der Waals surface area contributed by atoms with Crippen molar-refractivity contribution in [3.05, 3.63) is 29.3 Å². The largest absolute Gasteiger partial charge is 0.416 e.